The lowest BCUT2D eigenvalue weighted by Gasteiger charge is -2.44. The first kappa shape index (κ1) is 42.8. The molecule has 0 aliphatic carbocycles. The topological polar surface area (TPSA) is 158 Å². The summed E-state index contributed by atoms with van der Waals surface area (Å²) in [5.41, 5.74) is 5.70. The lowest BCUT2D eigenvalue weighted by molar-refractivity contribution is -0.158. The molecule has 2 aromatic carbocycles. The summed E-state index contributed by atoms with van der Waals surface area (Å²) in [6.07, 6.45) is -2.63. The van der Waals surface area contributed by atoms with Crippen LogP contribution in [0, 0.1) is 0 Å². The molecule has 3 fully saturated rings. The molecule has 0 bridgehead atoms. The summed E-state index contributed by atoms with van der Waals surface area (Å²) < 4.78 is 53.0. The number of para-hydroxylation sites is 1. The zero-order valence-corrected chi connectivity index (χ0v) is 33.5. The Morgan fingerprint density at radius 3 is 2.29 bits per heavy atom. The van der Waals surface area contributed by atoms with Gasteiger partial charge in [0.15, 0.2) is 12.7 Å². The van der Waals surface area contributed by atoms with Gasteiger partial charge < -0.3 is 40.1 Å². The second-order valence-electron chi connectivity index (χ2n) is 15.6. The van der Waals surface area contributed by atoms with E-state index in [1.165, 1.54) is 20.8 Å². The molecule has 4 aliphatic heterocycles. The Morgan fingerprint density at radius 2 is 1.60 bits per heavy atom. The molecule has 14 nitrogen and oxygen atoms in total. The number of hydrogen-bond donors (Lipinski definition) is 2. The van der Waals surface area contributed by atoms with E-state index in [1.54, 1.807) is 19.0 Å². The number of nitrogens with one attached hydrogen (secondary N) is 1. The number of nitrogens with zero attached hydrogens (tertiary/aromatic N) is 5. The van der Waals surface area contributed by atoms with Gasteiger partial charge in [0, 0.05) is 71.0 Å². The summed E-state index contributed by atoms with van der Waals surface area (Å²) in [7, 11) is 3.16. The number of rotatable bonds is 9. The van der Waals surface area contributed by atoms with E-state index in [2.05, 4.69) is 10.2 Å². The van der Waals surface area contributed by atoms with Crippen molar-refractivity contribution in [3.05, 3.63) is 58.1 Å². The molecule has 4 heterocycles. The average Bonchev–Trinajstić information content (AvgIpc) is 3.38. The lowest BCUT2D eigenvalue weighted by atomic mass is 9.94. The molecule has 5 amide bonds. The van der Waals surface area contributed by atoms with E-state index >= 15 is 0 Å². The highest BCUT2D eigenvalue weighted by molar-refractivity contribution is 6.33. The normalized spacial score (nSPS) is 20.4. The van der Waals surface area contributed by atoms with Crippen LogP contribution in [0.2, 0.25) is 5.02 Å². The van der Waals surface area contributed by atoms with Crippen molar-refractivity contribution in [1.29, 1.82) is 0 Å². The van der Waals surface area contributed by atoms with E-state index in [1.807, 2.05) is 24.3 Å². The maximum Gasteiger partial charge on any atom is 0.418 e. The zero-order valence-electron chi connectivity index (χ0n) is 32.8. The maximum atomic E-state index is 14.2. The minimum atomic E-state index is -4.82. The lowest BCUT2D eigenvalue weighted by Crippen LogP contribution is -2.56. The Hall–Kier alpha value is -4.77. The number of halogens is 4. The number of nitrogens with two attached hydrogens (primary N) is 1. The van der Waals surface area contributed by atoms with Gasteiger partial charge in [-0.25, -0.2) is 9.59 Å². The molecule has 58 heavy (non-hydrogen) atoms. The largest absolute Gasteiger partial charge is 0.454 e. The maximum absolute atomic E-state index is 14.2. The highest BCUT2D eigenvalue weighted by atomic mass is 35.5. The number of benzene rings is 2. The number of alkyl halides is 3. The van der Waals surface area contributed by atoms with Crippen molar-refractivity contribution in [3.63, 3.8) is 0 Å². The van der Waals surface area contributed by atoms with Gasteiger partial charge in [0.05, 0.1) is 16.3 Å². The van der Waals surface area contributed by atoms with Crippen LogP contribution in [-0.2, 0) is 42.9 Å². The van der Waals surface area contributed by atoms with E-state index in [0.29, 0.717) is 51.6 Å². The van der Waals surface area contributed by atoms with Crippen LogP contribution in [-0.4, -0.2) is 139 Å². The fourth-order valence-corrected chi connectivity index (χ4v) is 8.58. The first-order valence-electron chi connectivity index (χ1n) is 19.8. The number of carbonyl (C=O) groups is 5. The first-order valence-corrected chi connectivity index (χ1v) is 20.2. The molecule has 2 atom stereocenters. The number of fused-ring (bicyclic) bond motifs is 1. The molecule has 2 aromatic rings. The van der Waals surface area contributed by atoms with Crippen LogP contribution in [0.4, 0.5) is 34.1 Å². The number of esters is 1. The standard InChI is InChI=1S/C40H51ClF3N7O7/c1-47(2)34(52)24-57-37(54)32-9-5-6-15-50(32)27-11-16-48(17-12-27)36(53)33(23-25-21-29(40(42,43)44)35(45)30(41)22-25)58-39(56)49-18-13-28(14-19-49)51-20-10-26-7-3-4-8-31(26)46-38(51)55/h3-4,7-8,21-22,27-28,32-33H,5-6,9-20,23-24,45H2,1-2H3,(H,46,55)/t32-,33-/m1/s1. The van der Waals surface area contributed by atoms with Crippen molar-refractivity contribution in [2.45, 2.75) is 88.2 Å². The third-order valence-electron chi connectivity index (χ3n) is 11.6. The number of amides is 5. The smallest absolute Gasteiger partial charge is 0.418 e. The number of anilines is 2. The summed E-state index contributed by atoms with van der Waals surface area (Å²) in [6.45, 7) is 1.77. The predicted octanol–water partition coefficient (Wildman–Crippen LogP) is 5.02. The van der Waals surface area contributed by atoms with Crippen molar-refractivity contribution in [3.8, 4) is 0 Å². The molecule has 18 heteroatoms. The van der Waals surface area contributed by atoms with Gasteiger partial charge in [-0.05, 0) is 80.8 Å². The number of urea groups is 1. The van der Waals surface area contributed by atoms with Crippen LogP contribution in [0.25, 0.3) is 0 Å². The SMILES string of the molecule is CN(C)C(=O)COC(=O)[C@H]1CCCCN1C1CCN(C(=O)[C@@H](Cc2cc(Cl)c(N)c(C(F)(F)F)c2)OC(=O)N2CCC(N3CCc4ccccc4NC3=O)CC2)CC1. The van der Waals surface area contributed by atoms with Gasteiger partial charge in [-0.15, -0.1) is 0 Å². The first-order chi connectivity index (χ1) is 27.6. The van der Waals surface area contributed by atoms with Gasteiger partial charge in [0.25, 0.3) is 11.8 Å². The number of piperidine rings is 3. The van der Waals surface area contributed by atoms with Crippen molar-refractivity contribution in [1.82, 2.24) is 24.5 Å². The number of nitrogen functional groups attached to an aromatic ring is 1. The van der Waals surface area contributed by atoms with Crippen molar-refractivity contribution < 1.29 is 46.6 Å². The minimum Gasteiger partial charge on any atom is -0.454 e. The van der Waals surface area contributed by atoms with Crippen LogP contribution < -0.4 is 11.1 Å². The Bertz CT molecular complexity index is 1850. The minimum absolute atomic E-state index is 0.0156. The highest BCUT2D eigenvalue weighted by Gasteiger charge is 2.40. The van der Waals surface area contributed by atoms with Crippen molar-refractivity contribution >= 4 is 52.9 Å². The summed E-state index contributed by atoms with van der Waals surface area (Å²) in [5, 5.41) is 2.63. The molecular formula is C40H51ClF3N7O7. The average molecular weight is 834 g/mol. The van der Waals surface area contributed by atoms with E-state index in [9.17, 15) is 37.1 Å². The molecule has 0 spiro atoms. The highest BCUT2D eigenvalue weighted by Crippen LogP contribution is 2.38. The van der Waals surface area contributed by atoms with Crippen LogP contribution in [0.5, 0.6) is 0 Å². The van der Waals surface area contributed by atoms with E-state index in [-0.39, 0.29) is 73.8 Å². The third kappa shape index (κ3) is 10.1. The number of carbonyl (C=O) groups excluding carboxylic acids is 5. The van der Waals surface area contributed by atoms with Crippen LogP contribution in [0.15, 0.2) is 36.4 Å². The van der Waals surface area contributed by atoms with Gasteiger partial charge in [0.1, 0.15) is 6.04 Å². The van der Waals surface area contributed by atoms with Crippen molar-refractivity contribution in [2.75, 3.05) is 71.0 Å². The van der Waals surface area contributed by atoms with Crippen LogP contribution >= 0.6 is 11.6 Å². The predicted molar refractivity (Wildman–Crippen MR) is 209 cm³/mol. The number of likely N-dealkylation sites (N-methyl/N-ethyl adjacent to an activating group) is 1. The van der Waals surface area contributed by atoms with Crippen molar-refractivity contribution in [2.24, 2.45) is 0 Å². The number of hydrogen-bond acceptors (Lipinski definition) is 9. The molecule has 316 valence electrons. The molecule has 3 N–H and O–H groups in total. The Morgan fingerprint density at radius 1 is 0.931 bits per heavy atom. The fraction of sp³-hybridized carbons (Fsp3) is 0.575. The number of likely N-dealkylation sites (tertiary alicyclic amines) is 3. The Labute approximate surface area is 340 Å². The van der Waals surface area contributed by atoms with Crippen LogP contribution in [0.3, 0.4) is 0 Å². The zero-order chi connectivity index (χ0) is 41.7. The molecular weight excluding hydrogens is 783 g/mol. The molecule has 0 saturated carbocycles. The summed E-state index contributed by atoms with van der Waals surface area (Å²) in [4.78, 5) is 74.4. The third-order valence-corrected chi connectivity index (χ3v) is 12.0. The van der Waals surface area contributed by atoms with Gasteiger partial charge in [-0.1, -0.05) is 36.2 Å². The molecule has 0 radical (unpaired) electrons. The molecule has 0 aromatic heterocycles. The van der Waals surface area contributed by atoms with E-state index in [4.69, 9.17) is 26.8 Å². The Kier molecular flexibility index (Phi) is 13.6. The van der Waals surface area contributed by atoms with Gasteiger partial charge in [-0.2, -0.15) is 13.2 Å². The van der Waals surface area contributed by atoms with E-state index < -0.39 is 47.5 Å². The summed E-state index contributed by atoms with van der Waals surface area (Å²) in [6, 6.07) is 8.72. The molecule has 4 aliphatic rings. The molecule has 3 saturated heterocycles. The molecule has 6 rings (SSSR count). The number of ether oxygens (including phenoxy) is 2. The van der Waals surface area contributed by atoms with Gasteiger partial charge >= 0.3 is 24.3 Å². The fourth-order valence-electron chi connectivity index (χ4n) is 8.34. The monoisotopic (exact) mass is 833 g/mol. The van der Waals surface area contributed by atoms with E-state index in [0.717, 1.165) is 30.2 Å². The second-order valence-corrected chi connectivity index (χ2v) is 16.0. The van der Waals surface area contributed by atoms with Gasteiger partial charge in [-0.3, -0.25) is 19.3 Å². The Balaban J connectivity index is 1.12. The van der Waals surface area contributed by atoms with Gasteiger partial charge in [0.2, 0.25) is 0 Å². The summed E-state index contributed by atoms with van der Waals surface area (Å²) in [5.74, 6) is -1.36. The molecule has 0 unspecified atom stereocenters. The second kappa shape index (κ2) is 18.4. The quantitative estimate of drug-likeness (QED) is 0.262. The summed E-state index contributed by atoms with van der Waals surface area (Å²) >= 11 is 6.14. The van der Waals surface area contributed by atoms with Crippen LogP contribution in [0.1, 0.15) is 61.6 Å².